The van der Waals surface area contributed by atoms with Gasteiger partial charge in [0.1, 0.15) is 0 Å². The van der Waals surface area contributed by atoms with E-state index in [-0.39, 0.29) is 0 Å². The van der Waals surface area contributed by atoms with E-state index in [1.54, 1.807) is 0 Å². The maximum atomic E-state index is 4.01. The Bertz CT molecular complexity index is 265. The second-order valence-corrected chi connectivity index (χ2v) is 4.21. The summed E-state index contributed by atoms with van der Waals surface area (Å²) in [5, 5.41) is 3.54. The van der Waals surface area contributed by atoms with Gasteiger partial charge in [-0.2, -0.15) is 0 Å². The van der Waals surface area contributed by atoms with Crippen LogP contribution >= 0.6 is 0 Å². The van der Waals surface area contributed by atoms with Crippen molar-refractivity contribution in [2.24, 2.45) is 5.92 Å². The first kappa shape index (κ1) is 9.50. The standard InChI is InChI=1S/C12H18N2/c1-10(11-4-2-3-5-11)14-12-6-8-13-9-7-12/h6-11H,2-5H2,1H3,(H,13,14). The summed E-state index contributed by atoms with van der Waals surface area (Å²) < 4.78 is 0. The fraction of sp³-hybridized carbons (Fsp3) is 0.583. The van der Waals surface area contributed by atoms with Gasteiger partial charge in [0.05, 0.1) is 0 Å². The van der Waals surface area contributed by atoms with Crippen LogP contribution in [0.1, 0.15) is 32.6 Å². The van der Waals surface area contributed by atoms with Crippen molar-refractivity contribution < 1.29 is 0 Å². The smallest absolute Gasteiger partial charge is 0.0373 e. The summed E-state index contributed by atoms with van der Waals surface area (Å²) in [6, 6.07) is 4.66. The van der Waals surface area contributed by atoms with Gasteiger partial charge in [-0.05, 0) is 37.8 Å². The molecule has 0 saturated heterocycles. The second kappa shape index (κ2) is 4.45. The minimum Gasteiger partial charge on any atom is -0.382 e. The Morgan fingerprint density at radius 2 is 1.93 bits per heavy atom. The average Bonchev–Trinajstić information content (AvgIpc) is 2.72. The highest BCUT2D eigenvalue weighted by Crippen LogP contribution is 2.28. The molecular weight excluding hydrogens is 172 g/mol. The Morgan fingerprint density at radius 3 is 2.57 bits per heavy atom. The number of nitrogens with zero attached hydrogens (tertiary/aromatic N) is 1. The number of rotatable bonds is 3. The van der Waals surface area contributed by atoms with Gasteiger partial charge in [0.2, 0.25) is 0 Å². The van der Waals surface area contributed by atoms with Gasteiger partial charge < -0.3 is 5.32 Å². The third kappa shape index (κ3) is 2.25. The number of aromatic nitrogens is 1. The summed E-state index contributed by atoms with van der Waals surface area (Å²) in [5.41, 5.74) is 1.19. The maximum absolute atomic E-state index is 4.01. The fourth-order valence-electron chi connectivity index (χ4n) is 2.29. The highest BCUT2D eigenvalue weighted by atomic mass is 14.9. The number of hydrogen-bond acceptors (Lipinski definition) is 2. The van der Waals surface area contributed by atoms with Gasteiger partial charge in [-0.3, -0.25) is 4.98 Å². The van der Waals surface area contributed by atoms with Crippen LogP contribution in [0.25, 0.3) is 0 Å². The molecule has 1 aliphatic carbocycles. The summed E-state index contributed by atoms with van der Waals surface area (Å²) in [4.78, 5) is 4.01. The third-order valence-corrected chi connectivity index (χ3v) is 3.18. The van der Waals surface area contributed by atoms with E-state index in [9.17, 15) is 0 Å². The predicted molar refractivity (Wildman–Crippen MR) is 59.3 cm³/mol. The first-order valence-corrected chi connectivity index (χ1v) is 5.53. The van der Waals surface area contributed by atoms with Gasteiger partial charge in [0.15, 0.2) is 0 Å². The summed E-state index contributed by atoms with van der Waals surface area (Å²) in [6.07, 6.45) is 9.27. The minimum atomic E-state index is 0.597. The molecule has 1 heterocycles. The predicted octanol–water partition coefficient (Wildman–Crippen LogP) is 3.07. The molecule has 2 rings (SSSR count). The average molecular weight is 190 g/mol. The van der Waals surface area contributed by atoms with Gasteiger partial charge in [-0.15, -0.1) is 0 Å². The van der Waals surface area contributed by atoms with E-state index >= 15 is 0 Å². The lowest BCUT2D eigenvalue weighted by atomic mass is 10.00. The molecule has 0 bridgehead atoms. The maximum Gasteiger partial charge on any atom is 0.0373 e. The van der Waals surface area contributed by atoms with E-state index in [0.29, 0.717) is 6.04 Å². The monoisotopic (exact) mass is 190 g/mol. The van der Waals surface area contributed by atoms with E-state index < -0.39 is 0 Å². The summed E-state index contributed by atoms with van der Waals surface area (Å²) in [7, 11) is 0. The van der Waals surface area contributed by atoms with Gasteiger partial charge in [0, 0.05) is 24.1 Å². The van der Waals surface area contributed by atoms with Crippen LogP contribution in [-0.2, 0) is 0 Å². The van der Waals surface area contributed by atoms with E-state index in [2.05, 4.69) is 17.2 Å². The lowest BCUT2D eigenvalue weighted by Crippen LogP contribution is -2.23. The summed E-state index contributed by atoms with van der Waals surface area (Å²) in [5.74, 6) is 0.864. The summed E-state index contributed by atoms with van der Waals surface area (Å²) >= 11 is 0. The number of nitrogens with one attached hydrogen (secondary N) is 1. The van der Waals surface area contributed by atoms with Crippen LogP contribution in [0, 0.1) is 5.92 Å². The highest BCUT2D eigenvalue weighted by molar-refractivity contribution is 5.41. The molecule has 0 spiro atoms. The van der Waals surface area contributed by atoms with Crippen molar-refractivity contribution in [3.63, 3.8) is 0 Å². The van der Waals surface area contributed by atoms with E-state index in [0.717, 1.165) is 5.92 Å². The molecule has 1 atom stereocenters. The van der Waals surface area contributed by atoms with Crippen molar-refractivity contribution in [3.05, 3.63) is 24.5 Å². The zero-order chi connectivity index (χ0) is 9.80. The molecule has 1 unspecified atom stereocenters. The molecule has 1 aromatic rings. The Hall–Kier alpha value is -1.05. The molecule has 2 heteroatoms. The van der Waals surface area contributed by atoms with Gasteiger partial charge in [0.25, 0.3) is 0 Å². The topological polar surface area (TPSA) is 24.9 Å². The number of anilines is 1. The molecule has 76 valence electrons. The van der Waals surface area contributed by atoms with Crippen LogP contribution in [0.2, 0.25) is 0 Å². The van der Waals surface area contributed by atoms with Crippen LogP contribution in [-0.4, -0.2) is 11.0 Å². The third-order valence-electron chi connectivity index (χ3n) is 3.18. The Balaban J connectivity index is 1.90. The molecule has 0 radical (unpaired) electrons. The lowest BCUT2D eigenvalue weighted by Gasteiger charge is -2.21. The van der Waals surface area contributed by atoms with Gasteiger partial charge >= 0.3 is 0 Å². The Morgan fingerprint density at radius 1 is 1.29 bits per heavy atom. The normalized spacial score (nSPS) is 19.5. The largest absolute Gasteiger partial charge is 0.382 e. The molecule has 0 amide bonds. The van der Waals surface area contributed by atoms with E-state index in [1.807, 2.05) is 24.5 Å². The molecule has 14 heavy (non-hydrogen) atoms. The molecular formula is C12H18N2. The molecule has 1 N–H and O–H groups in total. The van der Waals surface area contributed by atoms with Crippen molar-refractivity contribution in [2.75, 3.05) is 5.32 Å². The SMILES string of the molecule is CC(Nc1ccncc1)C1CCCC1. The molecule has 1 aliphatic rings. The zero-order valence-electron chi connectivity index (χ0n) is 8.74. The van der Waals surface area contributed by atoms with Crippen LogP contribution in [0.5, 0.6) is 0 Å². The summed E-state index contributed by atoms with van der Waals surface area (Å²) in [6.45, 7) is 2.29. The molecule has 2 nitrogen and oxygen atoms in total. The van der Waals surface area contributed by atoms with Crippen LogP contribution < -0.4 is 5.32 Å². The fourth-order valence-corrected chi connectivity index (χ4v) is 2.29. The van der Waals surface area contributed by atoms with Crippen LogP contribution in [0.4, 0.5) is 5.69 Å². The molecule has 1 fully saturated rings. The Labute approximate surface area is 85.7 Å². The lowest BCUT2D eigenvalue weighted by molar-refractivity contribution is 0.482. The van der Waals surface area contributed by atoms with E-state index in [4.69, 9.17) is 0 Å². The van der Waals surface area contributed by atoms with Crippen molar-refractivity contribution >= 4 is 5.69 Å². The Kier molecular flexibility index (Phi) is 3.02. The van der Waals surface area contributed by atoms with Gasteiger partial charge in [-0.25, -0.2) is 0 Å². The molecule has 0 aliphatic heterocycles. The van der Waals surface area contributed by atoms with Crippen LogP contribution in [0.15, 0.2) is 24.5 Å². The zero-order valence-corrected chi connectivity index (χ0v) is 8.74. The quantitative estimate of drug-likeness (QED) is 0.792. The van der Waals surface area contributed by atoms with Gasteiger partial charge in [-0.1, -0.05) is 12.8 Å². The first-order chi connectivity index (χ1) is 6.86. The molecule has 1 aromatic heterocycles. The van der Waals surface area contributed by atoms with Crippen LogP contribution in [0.3, 0.4) is 0 Å². The van der Waals surface area contributed by atoms with Crippen molar-refractivity contribution in [2.45, 2.75) is 38.6 Å². The van der Waals surface area contributed by atoms with Crippen molar-refractivity contribution in [3.8, 4) is 0 Å². The number of hydrogen-bond donors (Lipinski definition) is 1. The highest BCUT2D eigenvalue weighted by Gasteiger charge is 2.20. The molecule has 1 saturated carbocycles. The molecule has 0 aromatic carbocycles. The van der Waals surface area contributed by atoms with E-state index in [1.165, 1.54) is 31.4 Å². The first-order valence-electron chi connectivity index (χ1n) is 5.53. The van der Waals surface area contributed by atoms with Crippen molar-refractivity contribution in [1.82, 2.24) is 4.98 Å². The minimum absolute atomic E-state index is 0.597. The second-order valence-electron chi connectivity index (χ2n) is 4.21. The van der Waals surface area contributed by atoms with Crippen molar-refractivity contribution in [1.29, 1.82) is 0 Å². The number of pyridine rings is 1.